The van der Waals surface area contributed by atoms with Crippen LogP contribution in [-0.2, 0) is 14.3 Å². The number of carbonyl (C=O) groups excluding carboxylic acids is 1. The molecule has 0 aromatic heterocycles. The first-order valence-corrected chi connectivity index (χ1v) is 8.83. The van der Waals surface area contributed by atoms with Crippen LogP contribution in [0.3, 0.4) is 0 Å². The number of rotatable bonds is 8. The van der Waals surface area contributed by atoms with Crippen LogP contribution in [0.15, 0.2) is 18.2 Å². The molecule has 0 saturated carbocycles. The second kappa shape index (κ2) is 9.05. The number of hydrogen-bond donors (Lipinski definition) is 1. The lowest BCUT2D eigenvalue weighted by atomic mass is 10.0. The molecule has 1 atom stereocenters. The molecule has 0 spiro atoms. The summed E-state index contributed by atoms with van der Waals surface area (Å²) in [4.78, 5) is 25.5. The van der Waals surface area contributed by atoms with Gasteiger partial charge in [0.15, 0.2) is 18.1 Å². The molecule has 1 fully saturated rings. The Morgan fingerprint density at radius 3 is 2.67 bits per heavy atom. The predicted molar refractivity (Wildman–Crippen MR) is 97.5 cm³/mol. The van der Waals surface area contributed by atoms with Gasteiger partial charge in [-0.05, 0) is 39.0 Å². The number of amides is 1. The Bertz CT molecular complexity index is 674. The summed E-state index contributed by atoms with van der Waals surface area (Å²) in [6.45, 7) is 6.83. The average molecular weight is 381 g/mol. The lowest BCUT2D eigenvalue weighted by Crippen LogP contribution is -2.55. The Morgan fingerprint density at radius 2 is 2.04 bits per heavy atom. The number of aliphatic carboxylic acids is 1. The van der Waals surface area contributed by atoms with E-state index in [0.717, 1.165) is 0 Å². The van der Waals surface area contributed by atoms with Crippen LogP contribution in [0.4, 0.5) is 0 Å². The summed E-state index contributed by atoms with van der Waals surface area (Å²) in [7, 11) is 1.60. The third-order valence-corrected chi connectivity index (χ3v) is 3.96. The Labute approximate surface area is 159 Å². The van der Waals surface area contributed by atoms with Crippen molar-refractivity contribution in [1.82, 2.24) is 4.90 Å². The van der Waals surface area contributed by atoms with Gasteiger partial charge in [0.2, 0.25) is 0 Å². The second-order valence-corrected chi connectivity index (χ2v) is 6.92. The van der Waals surface area contributed by atoms with Crippen molar-refractivity contribution >= 4 is 11.9 Å². The largest absolute Gasteiger partial charge is 0.490 e. The summed E-state index contributed by atoms with van der Waals surface area (Å²) >= 11 is 0. The van der Waals surface area contributed by atoms with Gasteiger partial charge in [-0.3, -0.25) is 4.79 Å². The molecule has 8 nitrogen and oxygen atoms in total. The van der Waals surface area contributed by atoms with E-state index in [-0.39, 0.29) is 17.8 Å². The molecular formula is C19H27NO7. The van der Waals surface area contributed by atoms with Gasteiger partial charge in [0.25, 0.3) is 5.91 Å². The van der Waals surface area contributed by atoms with Gasteiger partial charge in [0.05, 0.1) is 24.9 Å². The summed E-state index contributed by atoms with van der Waals surface area (Å²) in [5.41, 5.74) is -0.0419. The van der Waals surface area contributed by atoms with Gasteiger partial charge >= 0.3 is 5.97 Å². The smallest absolute Gasteiger partial charge is 0.341 e. The zero-order valence-corrected chi connectivity index (χ0v) is 16.2. The maximum atomic E-state index is 13.0. The minimum absolute atomic E-state index is 0.154. The molecule has 1 aliphatic heterocycles. The average Bonchev–Trinajstić information content (AvgIpc) is 2.59. The van der Waals surface area contributed by atoms with E-state index in [1.54, 1.807) is 37.1 Å². The number of hydrogen-bond acceptors (Lipinski definition) is 6. The van der Waals surface area contributed by atoms with E-state index in [4.69, 9.17) is 24.1 Å². The van der Waals surface area contributed by atoms with Crippen LogP contribution in [0.2, 0.25) is 0 Å². The van der Waals surface area contributed by atoms with E-state index >= 15 is 0 Å². The number of carboxylic acids is 1. The number of carboxylic acid groups (broad SMARTS) is 1. The number of benzene rings is 1. The van der Waals surface area contributed by atoms with E-state index in [2.05, 4.69) is 0 Å². The van der Waals surface area contributed by atoms with E-state index in [0.29, 0.717) is 37.6 Å². The van der Waals surface area contributed by atoms with Gasteiger partial charge in [-0.2, -0.15) is 0 Å². The van der Waals surface area contributed by atoms with Crippen LogP contribution in [0.1, 0.15) is 31.1 Å². The maximum Gasteiger partial charge on any atom is 0.341 e. The molecule has 0 bridgehead atoms. The van der Waals surface area contributed by atoms with Gasteiger partial charge in [-0.25, -0.2) is 4.79 Å². The maximum absolute atomic E-state index is 13.0. The fourth-order valence-electron chi connectivity index (χ4n) is 3.07. The van der Waals surface area contributed by atoms with Crippen molar-refractivity contribution in [2.75, 3.05) is 40.0 Å². The van der Waals surface area contributed by atoms with Crippen LogP contribution in [0.25, 0.3) is 0 Å². The number of nitrogens with zero attached hydrogens (tertiary/aromatic N) is 1. The monoisotopic (exact) mass is 381 g/mol. The molecule has 1 saturated heterocycles. The fourth-order valence-corrected chi connectivity index (χ4v) is 3.07. The van der Waals surface area contributed by atoms with Crippen molar-refractivity contribution in [2.45, 2.75) is 32.5 Å². The Hall–Kier alpha value is -2.32. The van der Waals surface area contributed by atoms with Gasteiger partial charge in [0.1, 0.15) is 0 Å². The molecule has 27 heavy (non-hydrogen) atoms. The van der Waals surface area contributed by atoms with Gasteiger partial charge in [-0.1, -0.05) is 0 Å². The lowest BCUT2D eigenvalue weighted by Gasteiger charge is -2.42. The molecule has 1 heterocycles. The minimum atomic E-state index is -1.09. The molecule has 150 valence electrons. The molecule has 8 heteroatoms. The summed E-state index contributed by atoms with van der Waals surface area (Å²) in [6, 6.07) is 4.74. The molecule has 1 aromatic carbocycles. The molecule has 2 rings (SSSR count). The van der Waals surface area contributed by atoms with Crippen molar-refractivity contribution in [3.05, 3.63) is 23.8 Å². The van der Waals surface area contributed by atoms with Crippen molar-refractivity contribution in [2.24, 2.45) is 0 Å². The van der Waals surface area contributed by atoms with Crippen molar-refractivity contribution in [1.29, 1.82) is 0 Å². The highest BCUT2D eigenvalue weighted by Gasteiger charge is 2.36. The zero-order chi connectivity index (χ0) is 20.0. The standard InChI is InChI=1S/C19H27NO7/c1-5-25-16-8-13(6-7-15(16)26-11-17(21)22)18(23)20-9-14(10-24-4)27-19(2,3)12-20/h6-8,14H,5,9-12H2,1-4H3,(H,21,22). The van der Waals surface area contributed by atoms with Crippen LogP contribution in [0.5, 0.6) is 11.5 Å². The summed E-state index contributed by atoms with van der Waals surface area (Å²) in [6.07, 6.45) is -0.202. The van der Waals surface area contributed by atoms with Crippen molar-refractivity contribution in [3.63, 3.8) is 0 Å². The normalized spacial score (nSPS) is 18.8. The Balaban J connectivity index is 2.21. The first-order chi connectivity index (χ1) is 12.8. The molecule has 1 aromatic rings. The number of methoxy groups -OCH3 is 1. The van der Waals surface area contributed by atoms with Crippen LogP contribution in [-0.4, -0.2) is 73.6 Å². The summed E-state index contributed by atoms with van der Waals surface area (Å²) in [5, 5.41) is 8.78. The van der Waals surface area contributed by atoms with Crippen LogP contribution < -0.4 is 9.47 Å². The predicted octanol–water partition coefficient (Wildman–Crippen LogP) is 1.81. The first-order valence-electron chi connectivity index (χ1n) is 8.83. The summed E-state index contributed by atoms with van der Waals surface area (Å²) < 4.78 is 21.9. The van der Waals surface area contributed by atoms with E-state index < -0.39 is 18.2 Å². The number of morpholine rings is 1. The molecular weight excluding hydrogens is 354 g/mol. The minimum Gasteiger partial charge on any atom is -0.490 e. The third-order valence-electron chi connectivity index (χ3n) is 3.96. The quantitative estimate of drug-likeness (QED) is 0.734. The van der Waals surface area contributed by atoms with E-state index in [9.17, 15) is 9.59 Å². The summed E-state index contributed by atoms with van der Waals surface area (Å²) in [5.74, 6) is -0.614. The molecule has 1 amide bonds. The molecule has 0 aliphatic carbocycles. The zero-order valence-electron chi connectivity index (χ0n) is 16.2. The van der Waals surface area contributed by atoms with Gasteiger partial charge in [0, 0.05) is 25.8 Å². The van der Waals surface area contributed by atoms with Crippen LogP contribution >= 0.6 is 0 Å². The Kier molecular flexibility index (Phi) is 7.04. The topological polar surface area (TPSA) is 94.5 Å². The number of ether oxygens (including phenoxy) is 4. The molecule has 1 unspecified atom stereocenters. The fraction of sp³-hybridized carbons (Fsp3) is 0.579. The highest BCUT2D eigenvalue weighted by Crippen LogP contribution is 2.30. The third kappa shape index (κ3) is 5.83. The lowest BCUT2D eigenvalue weighted by molar-refractivity contribution is -0.143. The molecule has 1 N–H and O–H groups in total. The highest BCUT2D eigenvalue weighted by molar-refractivity contribution is 5.95. The molecule has 1 aliphatic rings. The molecule has 0 radical (unpaired) electrons. The van der Waals surface area contributed by atoms with Crippen molar-refractivity contribution in [3.8, 4) is 11.5 Å². The first kappa shape index (κ1) is 21.0. The SMILES string of the molecule is CCOc1cc(C(=O)N2CC(COC)OC(C)(C)C2)ccc1OCC(=O)O. The highest BCUT2D eigenvalue weighted by atomic mass is 16.5. The second-order valence-electron chi connectivity index (χ2n) is 6.92. The van der Waals surface area contributed by atoms with Crippen molar-refractivity contribution < 1.29 is 33.6 Å². The van der Waals surface area contributed by atoms with Gasteiger partial charge in [-0.15, -0.1) is 0 Å². The Morgan fingerprint density at radius 1 is 1.30 bits per heavy atom. The number of carbonyl (C=O) groups is 2. The van der Waals surface area contributed by atoms with E-state index in [1.165, 1.54) is 0 Å². The van der Waals surface area contributed by atoms with Gasteiger partial charge < -0.3 is 29.0 Å². The van der Waals surface area contributed by atoms with E-state index in [1.807, 2.05) is 13.8 Å². The van der Waals surface area contributed by atoms with Crippen LogP contribution in [0, 0.1) is 0 Å².